The van der Waals surface area contributed by atoms with Crippen molar-refractivity contribution in [2.24, 2.45) is 0 Å². The highest BCUT2D eigenvalue weighted by Crippen LogP contribution is 2.05. The Labute approximate surface area is 64.6 Å². The topological polar surface area (TPSA) is 55.1 Å². The van der Waals surface area contributed by atoms with Crippen molar-refractivity contribution in [2.45, 2.75) is 20.3 Å². The van der Waals surface area contributed by atoms with E-state index in [0.29, 0.717) is 6.42 Å². The van der Waals surface area contributed by atoms with E-state index in [2.05, 4.69) is 10.3 Å². The molecular formula is C7H10N2O2. The molecule has 1 heterocycles. The third-order valence-corrected chi connectivity index (χ3v) is 1.19. The van der Waals surface area contributed by atoms with Gasteiger partial charge in [-0.25, -0.2) is 0 Å². The van der Waals surface area contributed by atoms with Crippen LogP contribution >= 0.6 is 0 Å². The minimum absolute atomic E-state index is 0.0909. The van der Waals surface area contributed by atoms with E-state index in [-0.39, 0.29) is 11.9 Å². The van der Waals surface area contributed by atoms with Gasteiger partial charge in [0.25, 0.3) is 0 Å². The number of anilines is 1. The molecule has 0 bridgehead atoms. The second-order valence-electron chi connectivity index (χ2n) is 2.20. The summed E-state index contributed by atoms with van der Waals surface area (Å²) in [6.07, 6.45) is 1.92. The third-order valence-electron chi connectivity index (χ3n) is 1.19. The van der Waals surface area contributed by atoms with Gasteiger partial charge in [-0.1, -0.05) is 6.92 Å². The molecule has 0 spiro atoms. The number of nitrogens with zero attached hydrogens (tertiary/aromatic N) is 1. The molecule has 4 heteroatoms. The first-order valence-corrected chi connectivity index (χ1v) is 3.44. The summed E-state index contributed by atoms with van der Waals surface area (Å²) < 4.78 is 4.89. The van der Waals surface area contributed by atoms with Gasteiger partial charge in [0.05, 0.1) is 5.69 Å². The van der Waals surface area contributed by atoms with Gasteiger partial charge >= 0.3 is 6.01 Å². The van der Waals surface area contributed by atoms with Gasteiger partial charge in [0.2, 0.25) is 5.91 Å². The molecule has 1 aromatic heterocycles. The van der Waals surface area contributed by atoms with E-state index in [1.54, 1.807) is 13.8 Å². The first-order valence-electron chi connectivity index (χ1n) is 3.44. The van der Waals surface area contributed by atoms with Crippen LogP contribution in [0.25, 0.3) is 0 Å². The third kappa shape index (κ3) is 2.07. The largest absolute Gasteiger partial charge is 0.432 e. The highest BCUT2D eigenvalue weighted by Gasteiger charge is 2.02. The molecule has 11 heavy (non-hydrogen) atoms. The SMILES string of the molecule is CCC(=O)Nc1nc(C)co1. The Morgan fingerprint density at radius 2 is 2.55 bits per heavy atom. The van der Waals surface area contributed by atoms with Crippen LogP contribution in [-0.4, -0.2) is 10.9 Å². The van der Waals surface area contributed by atoms with Crippen molar-refractivity contribution in [1.29, 1.82) is 0 Å². The highest BCUT2D eigenvalue weighted by molar-refractivity contribution is 5.88. The molecule has 0 saturated carbocycles. The molecule has 0 aliphatic heterocycles. The van der Waals surface area contributed by atoms with Crippen molar-refractivity contribution < 1.29 is 9.21 Å². The number of aryl methyl sites for hydroxylation is 1. The predicted octanol–water partition coefficient (Wildman–Crippen LogP) is 1.33. The van der Waals surface area contributed by atoms with E-state index in [1.165, 1.54) is 6.26 Å². The molecule has 0 saturated heterocycles. The van der Waals surface area contributed by atoms with E-state index in [1.807, 2.05) is 0 Å². The number of hydrogen-bond donors (Lipinski definition) is 1. The molecular weight excluding hydrogens is 144 g/mol. The zero-order valence-corrected chi connectivity index (χ0v) is 6.55. The summed E-state index contributed by atoms with van der Waals surface area (Å²) in [5, 5.41) is 2.50. The fraction of sp³-hybridized carbons (Fsp3) is 0.429. The van der Waals surface area contributed by atoms with E-state index in [0.717, 1.165) is 5.69 Å². The van der Waals surface area contributed by atoms with Gasteiger partial charge in [0.15, 0.2) is 0 Å². The maximum absolute atomic E-state index is 10.8. The fourth-order valence-corrected chi connectivity index (χ4v) is 0.619. The summed E-state index contributed by atoms with van der Waals surface area (Å²) in [5.74, 6) is -0.0909. The fourth-order valence-electron chi connectivity index (χ4n) is 0.619. The second kappa shape index (κ2) is 3.18. The van der Waals surface area contributed by atoms with Crippen molar-refractivity contribution in [1.82, 2.24) is 4.98 Å². The molecule has 0 aliphatic rings. The minimum Gasteiger partial charge on any atom is -0.432 e. The molecule has 0 aliphatic carbocycles. The van der Waals surface area contributed by atoms with Crippen molar-refractivity contribution in [2.75, 3.05) is 5.32 Å². The van der Waals surface area contributed by atoms with Crippen molar-refractivity contribution >= 4 is 11.9 Å². The normalized spacial score (nSPS) is 9.64. The lowest BCUT2D eigenvalue weighted by molar-refractivity contribution is -0.116. The van der Waals surface area contributed by atoms with Gasteiger partial charge in [-0.15, -0.1) is 0 Å². The van der Waals surface area contributed by atoms with Crippen LogP contribution in [0.4, 0.5) is 6.01 Å². The average molecular weight is 154 g/mol. The summed E-state index contributed by atoms with van der Waals surface area (Å²) >= 11 is 0. The molecule has 1 aromatic rings. The Hall–Kier alpha value is -1.32. The molecule has 1 N–H and O–H groups in total. The van der Waals surface area contributed by atoms with Gasteiger partial charge in [-0.3, -0.25) is 10.1 Å². The smallest absolute Gasteiger partial charge is 0.301 e. The van der Waals surface area contributed by atoms with Crippen LogP contribution < -0.4 is 5.32 Å². The quantitative estimate of drug-likeness (QED) is 0.699. The number of nitrogens with one attached hydrogen (secondary N) is 1. The van der Waals surface area contributed by atoms with Crippen LogP contribution in [0, 0.1) is 6.92 Å². The van der Waals surface area contributed by atoms with Crippen LogP contribution in [0.3, 0.4) is 0 Å². The summed E-state index contributed by atoms with van der Waals surface area (Å²) in [6, 6.07) is 0.273. The predicted molar refractivity (Wildman–Crippen MR) is 40.2 cm³/mol. The highest BCUT2D eigenvalue weighted by atomic mass is 16.4. The Balaban J connectivity index is 2.57. The molecule has 0 fully saturated rings. The minimum atomic E-state index is -0.0909. The van der Waals surface area contributed by atoms with Gasteiger partial charge < -0.3 is 4.42 Å². The Morgan fingerprint density at radius 1 is 1.82 bits per heavy atom. The van der Waals surface area contributed by atoms with Gasteiger partial charge in [0, 0.05) is 6.42 Å². The summed E-state index contributed by atoms with van der Waals surface area (Å²) in [5.41, 5.74) is 0.761. The lowest BCUT2D eigenvalue weighted by Gasteiger charge is -1.94. The van der Waals surface area contributed by atoms with Crippen molar-refractivity contribution in [3.8, 4) is 0 Å². The van der Waals surface area contributed by atoms with Crippen LogP contribution in [0.5, 0.6) is 0 Å². The monoisotopic (exact) mass is 154 g/mol. The number of aromatic nitrogens is 1. The van der Waals surface area contributed by atoms with E-state index in [9.17, 15) is 4.79 Å². The van der Waals surface area contributed by atoms with Crippen LogP contribution in [0.15, 0.2) is 10.7 Å². The average Bonchev–Trinajstić information content (AvgIpc) is 2.35. The molecule has 1 rings (SSSR count). The molecule has 0 radical (unpaired) electrons. The zero-order valence-electron chi connectivity index (χ0n) is 6.55. The van der Waals surface area contributed by atoms with E-state index in [4.69, 9.17) is 4.42 Å². The number of carbonyl (C=O) groups excluding carboxylic acids is 1. The molecule has 0 unspecified atom stereocenters. The zero-order chi connectivity index (χ0) is 8.27. The first-order chi connectivity index (χ1) is 5.22. The molecule has 60 valence electrons. The maximum Gasteiger partial charge on any atom is 0.301 e. The van der Waals surface area contributed by atoms with Gasteiger partial charge in [0.1, 0.15) is 6.26 Å². The van der Waals surface area contributed by atoms with Crippen LogP contribution in [0.1, 0.15) is 19.0 Å². The molecule has 0 atom stereocenters. The molecule has 0 aromatic carbocycles. The number of amides is 1. The maximum atomic E-state index is 10.8. The number of rotatable bonds is 2. The summed E-state index contributed by atoms with van der Waals surface area (Å²) in [4.78, 5) is 14.7. The summed E-state index contributed by atoms with van der Waals surface area (Å²) in [7, 11) is 0. The molecule has 4 nitrogen and oxygen atoms in total. The van der Waals surface area contributed by atoms with E-state index >= 15 is 0 Å². The van der Waals surface area contributed by atoms with Gasteiger partial charge in [-0.05, 0) is 6.92 Å². The van der Waals surface area contributed by atoms with Gasteiger partial charge in [-0.2, -0.15) is 4.98 Å². The van der Waals surface area contributed by atoms with Crippen molar-refractivity contribution in [3.05, 3.63) is 12.0 Å². The van der Waals surface area contributed by atoms with Crippen molar-refractivity contribution in [3.63, 3.8) is 0 Å². The Kier molecular flexibility index (Phi) is 2.25. The van der Waals surface area contributed by atoms with E-state index < -0.39 is 0 Å². The first kappa shape index (κ1) is 7.78. The standard InChI is InChI=1S/C7H10N2O2/c1-3-6(10)9-7-8-5(2)4-11-7/h4H,3H2,1-2H3,(H,8,9,10). The van der Waals surface area contributed by atoms with Crippen LogP contribution in [0.2, 0.25) is 0 Å². The summed E-state index contributed by atoms with van der Waals surface area (Å²) in [6.45, 7) is 3.57. The number of carbonyl (C=O) groups is 1. The number of oxazole rings is 1. The number of hydrogen-bond acceptors (Lipinski definition) is 3. The Bertz CT molecular complexity index is 255. The lowest BCUT2D eigenvalue weighted by Crippen LogP contribution is -2.09. The lowest BCUT2D eigenvalue weighted by atomic mass is 10.5. The Morgan fingerprint density at radius 3 is 3.00 bits per heavy atom. The van der Waals surface area contributed by atoms with Crippen LogP contribution in [-0.2, 0) is 4.79 Å². The molecule has 1 amide bonds. The second-order valence-corrected chi connectivity index (χ2v) is 2.20.